The first-order valence-corrected chi connectivity index (χ1v) is 9.97. The van der Waals surface area contributed by atoms with Gasteiger partial charge in [0.15, 0.2) is 0 Å². The van der Waals surface area contributed by atoms with Gasteiger partial charge in [0.2, 0.25) is 0 Å². The fourth-order valence-corrected chi connectivity index (χ4v) is 4.76. The zero-order valence-electron chi connectivity index (χ0n) is 16.7. The molecule has 0 unspecified atom stereocenters. The van der Waals surface area contributed by atoms with Crippen LogP contribution in [0.5, 0.6) is 0 Å². The van der Waals surface area contributed by atoms with Crippen molar-refractivity contribution in [3.05, 3.63) is 108 Å². The van der Waals surface area contributed by atoms with Crippen molar-refractivity contribution in [3.8, 4) is 33.4 Å². The number of rotatable bonds is 2. The molecule has 0 spiro atoms. The van der Waals surface area contributed by atoms with Crippen molar-refractivity contribution < 1.29 is 0 Å². The van der Waals surface area contributed by atoms with Crippen molar-refractivity contribution >= 4 is 0 Å². The third-order valence-electron chi connectivity index (χ3n) is 6.14. The van der Waals surface area contributed by atoms with Crippen molar-refractivity contribution in [2.75, 3.05) is 0 Å². The number of aryl methyl sites for hydroxylation is 1. The minimum absolute atomic E-state index is 0.0300. The molecule has 0 bridgehead atoms. The molecular weight excluding hydrogens is 336 g/mol. The Morgan fingerprint density at radius 2 is 1.14 bits per heavy atom. The maximum absolute atomic E-state index is 2.36. The molecule has 0 aromatic heterocycles. The molecule has 0 nitrogen and oxygen atoms in total. The number of fused-ring (bicyclic) bond motifs is 3. The molecule has 0 heterocycles. The van der Waals surface area contributed by atoms with Crippen LogP contribution < -0.4 is 0 Å². The van der Waals surface area contributed by atoms with E-state index in [2.05, 4.69) is 112 Å². The van der Waals surface area contributed by atoms with Gasteiger partial charge in [-0.1, -0.05) is 110 Å². The van der Waals surface area contributed by atoms with E-state index >= 15 is 0 Å². The molecule has 4 aromatic rings. The zero-order chi connectivity index (χ0) is 19.3. The average molecular weight is 361 g/mol. The summed E-state index contributed by atoms with van der Waals surface area (Å²) >= 11 is 0. The first kappa shape index (κ1) is 17.0. The molecule has 0 atom stereocenters. The molecule has 1 aliphatic carbocycles. The van der Waals surface area contributed by atoms with Crippen LogP contribution in [0.2, 0.25) is 0 Å². The van der Waals surface area contributed by atoms with Gasteiger partial charge in [0, 0.05) is 5.41 Å². The van der Waals surface area contributed by atoms with Crippen molar-refractivity contribution in [2.24, 2.45) is 0 Å². The van der Waals surface area contributed by atoms with E-state index in [9.17, 15) is 0 Å². The minimum Gasteiger partial charge on any atom is -0.0622 e. The van der Waals surface area contributed by atoms with Gasteiger partial charge in [0.1, 0.15) is 0 Å². The molecule has 0 saturated carbocycles. The Kier molecular flexibility index (Phi) is 3.77. The Bertz CT molecular complexity index is 1160. The van der Waals surface area contributed by atoms with E-state index in [1.807, 2.05) is 0 Å². The predicted molar refractivity (Wildman–Crippen MR) is 120 cm³/mol. The molecule has 1 aliphatic rings. The standard InChI is InChI=1S/C28H24/c1-19-15-17-21(18-16-19)22-11-8-14-25-26(22)24-13-7-12-23(27(24)28(25,2)3)20-9-5-4-6-10-20/h4-18H,1-3H3. The van der Waals surface area contributed by atoms with Crippen LogP contribution in [-0.2, 0) is 5.41 Å². The second kappa shape index (κ2) is 6.21. The monoisotopic (exact) mass is 360 g/mol. The van der Waals surface area contributed by atoms with Gasteiger partial charge < -0.3 is 0 Å². The van der Waals surface area contributed by atoms with E-state index in [1.165, 1.54) is 50.1 Å². The molecule has 0 aliphatic heterocycles. The third-order valence-corrected chi connectivity index (χ3v) is 6.14. The van der Waals surface area contributed by atoms with Gasteiger partial charge in [-0.25, -0.2) is 0 Å². The summed E-state index contributed by atoms with van der Waals surface area (Å²) in [4.78, 5) is 0. The summed E-state index contributed by atoms with van der Waals surface area (Å²) in [6.45, 7) is 6.87. The molecular formula is C28H24. The van der Waals surface area contributed by atoms with Gasteiger partial charge in [-0.15, -0.1) is 0 Å². The first-order chi connectivity index (χ1) is 13.6. The quantitative estimate of drug-likeness (QED) is 0.344. The van der Waals surface area contributed by atoms with Gasteiger partial charge >= 0.3 is 0 Å². The fraction of sp³-hybridized carbons (Fsp3) is 0.143. The Balaban J connectivity index is 1.81. The lowest BCUT2D eigenvalue weighted by Crippen LogP contribution is -2.16. The van der Waals surface area contributed by atoms with Crippen molar-refractivity contribution in [3.63, 3.8) is 0 Å². The summed E-state index contributed by atoms with van der Waals surface area (Å²) in [5, 5.41) is 0. The average Bonchev–Trinajstić information content (AvgIpc) is 2.97. The van der Waals surface area contributed by atoms with Crippen LogP contribution in [0.3, 0.4) is 0 Å². The molecule has 0 heteroatoms. The lowest BCUT2D eigenvalue weighted by Gasteiger charge is -2.24. The Hall–Kier alpha value is -3.12. The predicted octanol–water partition coefficient (Wildman–Crippen LogP) is 7.64. The second-order valence-electron chi connectivity index (χ2n) is 8.31. The summed E-state index contributed by atoms with van der Waals surface area (Å²) in [6, 6.07) is 33.2. The van der Waals surface area contributed by atoms with E-state index in [0.717, 1.165) is 0 Å². The highest BCUT2D eigenvalue weighted by Crippen LogP contribution is 2.54. The number of hydrogen-bond donors (Lipinski definition) is 0. The van der Waals surface area contributed by atoms with E-state index in [4.69, 9.17) is 0 Å². The van der Waals surface area contributed by atoms with E-state index in [1.54, 1.807) is 0 Å². The summed E-state index contributed by atoms with van der Waals surface area (Å²) in [5.41, 5.74) is 12.1. The van der Waals surface area contributed by atoms with E-state index in [-0.39, 0.29) is 5.41 Å². The molecule has 136 valence electrons. The van der Waals surface area contributed by atoms with Crippen LogP contribution in [-0.4, -0.2) is 0 Å². The molecule has 4 aromatic carbocycles. The van der Waals surface area contributed by atoms with Crippen LogP contribution >= 0.6 is 0 Å². The third kappa shape index (κ3) is 2.45. The Labute approximate surface area is 167 Å². The zero-order valence-corrected chi connectivity index (χ0v) is 16.7. The number of hydrogen-bond acceptors (Lipinski definition) is 0. The van der Waals surface area contributed by atoms with Crippen LogP contribution in [0.4, 0.5) is 0 Å². The lowest BCUT2D eigenvalue weighted by atomic mass is 9.78. The second-order valence-corrected chi connectivity index (χ2v) is 8.31. The van der Waals surface area contributed by atoms with E-state index < -0.39 is 0 Å². The van der Waals surface area contributed by atoms with Crippen molar-refractivity contribution in [2.45, 2.75) is 26.2 Å². The highest BCUT2D eigenvalue weighted by atomic mass is 14.4. The van der Waals surface area contributed by atoms with Crippen LogP contribution in [0, 0.1) is 6.92 Å². The summed E-state index contributed by atoms with van der Waals surface area (Å²) in [7, 11) is 0. The largest absolute Gasteiger partial charge is 0.0622 e. The topological polar surface area (TPSA) is 0 Å². The number of benzene rings is 4. The maximum atomic E-state index is 2.36. The minimum atomic E-state index is -0.0300. The highest BCUT2D eigenvalue weighted by Gasteiger charge is 2.38. The van der Waals surface area contributed by atoms with Crippen LogP contribution in [0.15, 0.2) is 91.0 Å². The normalized spacial score (nSPS) is 13.8. The van der Waals surface area contributed by atoms with Gasteiger partial charge in [-0.3, -0.25) is 0 Å². The van der Waals surface area contributed by atoms with Crippen molar-refractivity contribution in [1.29, 1.82) is 0 Å². The first-order valence-electron chi connectivity index (χ1n) is 9.97. The summed E-state index contributed by atoms with van der Waals surface area (Å²) in [6.07, 6.45) is 0. The van der Waals surface area contributed by atoms with Gasteiger partial charge in [-0.2, -0.15) is 0 Å². The molecule has 0 radical (unpaired) electrons. The van der Waals surface area contributed by atoms with Gasteiger partial charge in [0.05, 0.1) is 0 Å². The molecule has 0 fully saturated rings. The highest BCUT2D eigenvalue weighted by molar-refractivity contribution is 5.95. The summed E-state index contributed by atoms with van der Waals surface area (Å²) < 4.78 is 0. The van der Waals surface area contributed by atoms with Crippen LogP contribution in [0.1, 0.15) is 30.5 Å². The smallest absolute Gasteiger partial charge is 0.0165 e. The molecule has 5 rings (SSSR count). The summed E-state index contributed by atoms with van der Waals surface area (Å²) in [5.74, 6) is 0. The Morgan fingerprint density at radius 1 is 0.536 bits per heavy atom. The lowest BCUT2D eigenvalue weighted by molar-refractivity contribution is 0.662. The van der Waals surface area contributed by atoms with Gasteiger partial charge in [-0.05, 0) is 51.4 Å². The molecule has 0 amide bonds. The molecule has 0 N–H and O–H groups in total. The van der Waals surface area contributed by atoms with E-state index in [0.29, 0.717) is 0 Å². The van der Waals surface area contributed by atoms with Gasteiger partial charge in [0.25, 0.3) is 0 Å². The SMILES string of the molecule is Cc1ccc(-c2cccc3c2-c2cccc(-c4ccccc4)c2C3(C)C)cc1. The molecule has 0 saturated heterocycles. The van der Waals surface area contributed by atoms with Crippen LogP contribution in [0.25, 0.3) is 33.4 Å². The maximum Gasteiger partial charge on any atom is 0.0165 e. The molecule has 28 heavy (non-hydrogen) atoms. The van der Waals surface area contributed by atoms with Crippen molar-refractivity contribution in [1.82, 2.24) is 0 Å². The fourth-order valence-electron chi connectivity index (χ4n) is 4.76. The Morgan fingerprint density at radius 3 is 1.89 bits per heavy atom.